The van der Waals surface area contributed by atoms with E-state index in [2.05, 4.69) is 28.8 Å². The zero-order valence-corrected chi connectivity index (χ0v) is 12.0. The van der Waals surface area contributed by atoms with E-state index < -0.39 is 0 Å². The van der Waals surface area contributed by atoms with Crippen molar-refractivity contribution in [3.05, 3.63) is 23.4 Å². The highest BCUT2D eigenvalue weighted by atomic mass is 15.3. The number of nitrogen functional groups attached to an aromatic ring is 1. The monoisotopic (exact) mass is 261 g/mol. The lowest BCUT2D eigenvalue weighted by Gasteiger charge is -2.39. The highest BCUT2D eigenvalue weighted by Crippen LogP contribution is 2.19. The van der Waals surface area contributed by atoms with Gasteiger partial charge in [0.1, 0.15) is 11.7 Å². The van der Waals surface area contributed by atoms with Crippen molar-refractivity contribution in [3.63, 3.8) is 0 Å². The Labute approximate surface area is 114 Å². The Hall–Kier alpha value is -1.62. The lowest BCUT2D eigenvalue weighted by atomic mass is 10.1. The van der Waals surface area contributed by atoms with Crippen LogP contribution >= 0.6 is 0 Å². The molecule has 1 aliphatic heterocycles. The number of rotatable bonds is 3. The number of likely N-dealkylation sites (N-methyl/N-ethyl adjacent to an activating group) is 1. The molecule has 1 atom stereocenters. The molecule has 1 aromatic heterocycles. The SMILES string of the molecule is CCC1CN(c2cc(C(=N)N)cc(C)n2)CCN1C. The smallest absolute Gasteiger partial charge is 0.129 e. The van der Waals surface area contributed by atoms with Gasteiger partial charge in [-0.15, -0.1) is 0 Å². The molecule has 0 aliphatic carbocycles. The zero-order valence-electron chi connectivity index (χ0n) is 12.0. The Balaban J connectivity index is 2.24. The zero-order chi connectivity index (χ0) is 14.0. The Bertz CT molecular complexity index is 471. The number of aryl methyl sites for hydroxylation is 1. The minimum atomic E-state index is 0.105. The second kappa shape index (κ2) is 5.57. The first-order valence-electron chi connectivity index (χ1n) is 6.79. The van der Waals surface area contributed by atoms with Crippen molar-refractivity contribution in [2.45, 2.75) is 26.3 Å². The number of nitrogens with two attached hydrogens (primary N) is 1. The first kappa shape index (κ1) is 13.8. The Morgan fingerprint density at radius 3 is 2.84 bits per heavy atom. The summed E-state index contributed by atoms with van der Waals surface area (Å²) in [5.41, 5.74) is 7.26. The van der Waals surface area contributed by atoms with Gasteiger partial charge in [-0.05, 0) is 32.5 Å². The molecule has 0 spiro atoms. The molecule has 0 amide bonds. The van der Waals surface area contributed by atoms with Crippen LogP contribution < -0.4 is 10.6 Å². The standard InChI is InChI=1S/C14H23N5/c1-4-12-9-19(6-5-18(12)3)13-8-11(14(15)16)7-10(2)17-13/h7-8,12H,4-6,9H2,1-3H3,(H3,15,16). The molecular weight excluding hydrogens is 238 g/mol. The lowest BCUT2D eigenvalue weighted by Crippen LogP contribution is -2.51. The molecule has 1 unspecified atom stereocenters. The highest BCUT2D eigenvalue weighted by Gasteiger charge is 2.24. The van der Waals surface area contributed by atoms with Gasteiger partial charge in [-0.2, -0.15) is 0 Å². The van der Waals surface area contributed by atoms with Crippen LogP contribution in [0.4, 0.5) is 5.82 Å². The van der Waals surface area contributed by atoms with Gasteiger partial charge < -0.3 is 10.6 Å². The first-order chi connectivity index (χ1) is 9.01. The van der Waals surface area contributed by atoms with Crippen LogP contribution in [0.2, 0.25) is 0 Å². The van der Waals surface area contributed by atoms with Crippen LogP contribution in [0.15, 0.2) is 12.1 Å². The molecule has 1 aromatic rings. The van der Waals surface area contributed by atoms with Crippen molar-refractivity contribution >= 4 is 11.7 Å². The molecule has 5 heteroatoms. The third-order valence-electron chi connectivity index (χ3n) is 3.82. The molecular formula is C14H23N5. The van der Waals surface area contributed by atoms with Crippen LogP contribution in [0.25, 0.3) is 0 Å². The van der Waals surface area contributed by atoms with Gasteiger partial charge in [0.15, 0.2) is 0 Å². The Morgan fingerprint density at radius 1 is 1.47 bits per heavy atom. The summed E-state index contributed by atoms with van der Waals surface area (Å²) in [7, 11) is 2.18. The van der Waals surface area contributed by atoms with Gasteiger partial charge in [-0.1, -0.05) is 6.92 Å². The fourth-order valence-corrected chi connectivity index (χ4v) is 2.56. The Morgan fingerprint density at radius 2 is 2.21 bits per heavy atom. The molecule has 2 rings (SSSR count). The highest BCUT2D eigenvalue weighted by molar-refractivity contribution is 5.95. The van der Waals surface area contributed by atoms with Crippen LogP contribution in [0.3, 0.4) is 0 Å². The van der Waals surface area contributed by atoms with Crippen molar-refractivity contribution in [2.24, 2.45) is 5.73 Å². The van der Waals surface area contributed by atoms with Gasteiger partial charge in [0, 0.05) is 36.9 Å². The number of hydrogen-bond acceptors (Lipinski definition) is 4. The molecule has 1 saturated heterocycles. The average Bonchev–Trinajstić information content (AvgIpc) is 2.38. The van der Waals surface area contributed by atoms with E-state index in [4.69, 9.17) is 11.1 Å². The summed E-state index contributed by atoms with van der Waals surface area (Å²) in [6.07, 6.45) is 1.14. The number of anilines is 1. The maximum atomic E-state index is 7.57. The van der Waals surface area contributed by atoms with Crippen molar-refractivity contribution in [3.8, 4) is 0 Å². The third-order valence-corrected chi connectivity index (χ3v) is 3.82. The minimum absolute atomic E-state index is 0.105. The van der Waals surface area contributed by atoms with Crippen LogP contribution in [0, 0.1) is 12.3 Å². The predicted octanol–water partition coefficient (Wildman–Crippen LogP) is 1.20. The maximum Gasteiger partial charge on any atom is 0.129 e. The van der Waals surface area contributed by atoms with E-state index in [1.807, 2.05) is 19.1 Å². The van der Waals surface area contributed by atoms with Crippen LogP contribution in [0.5, 0.6) is 0 Å². The lowest BCUT2D eigenvalue weighted by molar-refractivity contribution is 0.213. The van der Waals surface area contributed by atoms with Gasteiger partial charge in [0.25, 0.3) is 0 Å². The normalized spacial score (nSPS) is 20.6. The maximum absolute atomic E-state index is 7.57. The average molecular weight is 261 g/mol. The molecule has 0 radical (unpaired) electrons. The van der Waals surface area contributed by atoms with Crippen LogP contribution in [0.1, 0.15) is 24.6 Å². The van der Waals surface area contributed by atoms with Gasteiger partial charge >= 0.3 is 0 Å². The van der Waals surface area contributed by atoms with E-state index >= 15 is 0 Å². The van der Waals surface area contributed by atoms with E-state index in [0.29, 0.717) is 6.04 Å². The van der Waals surface area contributed by atoms with E-state index in [-0.39, 0.29) is 5.84 Å². The number of hydrogen-bond donors (Lipinski definition) is 2. The number of nitrogens with one attached hydrogen (secondary N) is 1. The summed E-state index contributed by atoms with van der Waals surface area (Å²) in [5.74, 6) is 1.05. The fourth-order valence-electron chi connectivity index (χ4n) is 2.56. The van der Waals surface area contributed by atoms with Crippen molar-refractivity contribution in [1.82, 2.24) is 9.88 Å². The van der Waals surface area contributed by atoms with Gasteiger partial charge in [0.05, 0.1) is 0 Å². The second-order valence-corrected chi connectivity index (χ2v) is 5.26. The van der Waals surface area contributed by atoms with E-state index in [1.54, 1.807) is 0 Å². The summed E-state index contributed by atoms with van der Waals surface area (Å²) < 4.78 is 0. The topological polar surface area (TPSA) is 69.2 Å². The summed E-state index contributed by atoms with van der Waals surface area (Å²) in [6.45, 7) is 7.17. The largest absolute Gasteiger partial charge is 0.384 e. The summed E-state index contributed by atoms with van der Waals surface area (Å²) >= 11 is 0. The number of pyridine rings is 1. The third kappa shape index (κ3) is 3.04. The van der Waals surface area contributed by atoms with E-state index in [9.17, 15) is 0 Å². The minimum Gasteiger partial charge on any atom is -0.384 e. The molecule has 19 heavy (non-hydrogen) atoms. The summed E-state index contributed by atoms with van der Waals surface area (Å²) in [6, 6.07) is 4.35. The van der Waals surface area contributed by atoms with Crippen molar-refractivity contribution < 1.29 is 0 Å². The molecule has 0 bridgehead atoms. The molecule has 3 N–H and O–H groups in total. The van der Waals surface area contributed by atoms with Crippen LogP contribution in [-0.4, -0.2) is 48.4 Å². The van der Waals surface area contributed by atoms with Crippen molar-refractivity contribution in [2.75, 3.05) is 31.6 Å². The van der Waals surface area contributed by atoms with E-state index in [1.165, 1.54) is 0 Å². The summed E-state index contributed by atoms with van der Waals surface area (Å²) in [4.78, 5) is 9.29. The molecule has 0 aromatic carbocycles. The molecule has 104 valence electrons. The summed E-state index contributed by atoms with van der Waals surface area (Å²) in [5, 5.41) is 7.57. The number of piperazine rings is 1. The first-order valence-corrected chi connectivity index (χ1v) is 6.79. The Kier molecular flexibility index (Phi) is 4.04. The quantitative estimate of drug-likeness (QED) is 0.634. The van der Waals surface area contributed by atoms with Gasteiger partial charge in [-0.25, -0.2) is 4.98 Å². The van der Waals surface area contributed by atoms with Crippen molar-refractivity contribution in [1.29, 1.82) is 5.41 Å². The van der Waals surface area contributed by atoms with Gasteiger partial charge in [-0.3, -0.25) is 10.3 Å². The number of aromatic nitrogens is 1. The molecule has 1 aliphatic rings. The molecule has 5 nitrogen and oxygen atoms in total. The number of amidine groups is 1. The van der Waals surface area contributed by atoms with Crippen LogP contribution in [-0.2, 0) is 0 Å². The number of nitrogens with zero attached hydrogens (tertiary/aromatic N) is 3. The fraction of sp³-hybridized carbons (Fsp3) is 0.571. The molecule has 1 fully saturated rings. The predicted molar refractivity (Wildman–Crippen MR) is 78.9 cm³/mol. The molecule has 0 saturated carbocycles. The molecule has 2 heterocycles. The van der Waals surface area contributed by atoms with E-state index in [0.717, 1.165) is 43.1 Å². The van der Waals surface area contributed by atoms with Gasteiger partial charge in [0.2, 0.25) is 0 Å². The second-order valence-electron chi connectivity index (χ2n) is 5.26.